The van der Waals surface area contributed by atoms with E-state index in [0.29, 0.717) is 12.8 Å². The van der Waals surface area contributed by atoms with Crippen molar-refractivity contribution in [3.8, 4) is 0 Å². The van der Waals surface area contributed by atoms with Crippen LogP contribution in [0.25, 0.3) is 0 Å². The van der Waals surface area contributed by atoms with Crippen molar-refractivity contribution < 1.29 is 23.9 Å². The van der Waals surface area contributed by atoms with E-state index in [1.807, 2.05) is 18.2 Å². The Morgan fingerprint density at radius 2 is 1.56 bits per heavy atom. The van der Waals surface area contributed by atoms with Crippen LogP contribution in [0.3, 0.4) is 0 Å². The van der Waals surface area contributed by atoms with Gasteiger partial charge in [0.05, 0.1) is 18.2 Å². The van der Waals surface area contributed by atoms with Gasteiger partial charge < -0.3 is 9.64 Å². The fraction of sp³-hybridized carbons (Fsp3) is 0.308. The number of amides is 3. The predicted molar refractivity (Wildman–Crippen MR) is 130 cm³/mol. The van der Waals surface area contributed by atoms with E-state index >= 15 is 0 Å². The molecule has 0 saturated carbocycles. The molecule has 34 heavy (non-hydrogen) atoms. The minimum Gasteiger partial charge on any atom is -0.467 e. The minimum atomic E-state index is -2.29. The summed E-state index contributed by atoms with van der Waals surface area (Å²) >= 11 is 0. The number of rotatable bonds is 6. The van der Waals surface area contributed by atoms with Crippen molar-refractivity contribution in [2.24, 2.45) is 0 Å². The molecule has 4 rings (SSSR count). The topological polar surface area (TPSA) is 84.0 Å². The molecule has 0 aromatic heterocycles. The van der Waals surface area contributed by atoms with E-state index in [9.17, 15) is 19.2 Å². The number of ether oxygens (including phenoxy) is 1. The Bertz CT molecular complexity index is 1130. The van der Waals surface area contributed by atoms with Gasteiger partial charge in [0, 0.05) is 5.67 Å². The second-order valence-corrected chi connectivity index (χ2v) is 13.9. The molecule has 2 aromatic carbocycles. The van der Waals surface area contributed by atoms with Crippen LogP contribution in [0.2, 0.25) is 13.1 Å². The normalized spacial score (nSPS) is 20.8. The summed E-state index contributed by atoms with van der Waals surface area (Å²) < 4.78 is 5.02. The summed E-state index contributed by atoms with van der Waals surface area (Å²) in [4.78, 5) is 55.5. The SMILES string of the molecule is C=C[C@@H](C(=O)N1[C@H]([Si](C)(C)c2ccccc2)CC[C@H]1C(=O)OC)N1C(=O)c2ccccc2C1=O. The number of nitrogens with zero attached hydrogens (tertiary/aromatic N) is 2. The number of esters is 1. The molecule has 1 saturated heterocycles. The Kier molecular flexibility index (Phi) is 6.27. The van der Waals surface area contributed by atoms with Crippen LogP contribution in [0.4, 0.5) is 0 Å². The van der Waals surface area contributed by atoms with Gasteiger partial charge in [0.15, 0.2) is 0 Å². The quantitative estimate of drug-likeness (QED) is 0.277. The van der Waals surface area contributed by atoms with Gasteiger partial charge in [0.25, 0.3) is 17.7 Å². The van der Waals surface area contributed by atoms with E-state index in [4.69, 9.17) is 4.74 Å². The highest BCUT2D eigenvalue weighted by molar-refractivity contribution is 6.91. The molecule has 0 unspecified atom stereocenters. The van der Waals surface area contributed by atoms with Crippen molar-refractivity contribution >= 4 is 37.0 Å². The van der Waals surface area contributed by atoms with Gasteiger partial charge in [0.2, 0.25) is 0 Å². The maximum absolute atomic E-state index is 14.0. The van der Waals surface area contributed by atoms with E-state index in [-0.39, 0.29) is 16.8 Å². The van der Waals surface area contributed by atoms with E-state index < -0.39 is 43.8 Å². The molecule has 3 amide bonds. The highest BCUT2D eigenvalue weighted by Gasteiger charge is 2.52. The molecule has 3 atom stereocenters. The molecular weight excluding hydrogens is 448 g/mol. The summed E-state index contributed by atoms with van der Waals surface area (Å²) in [5.41, 5.74) is 0.298. The van der Waals surface area contributed by atoms with Gasteiger partial charge in [-0.05, 0) is 25.0 Å². The summed E-state index contributed by atoms with van der Waals surface area (Å²) in [5, 5.41) is 1.15. The van der Waals surface area contributed by atoms with Crippen molar-refractivity contribution in [1.82, 2.24) is 9.80 Å². The van der Waals surface area contributed by atoms with E-state index in [0.717, 1.165) is 10.1 Å². The second-order valence-electron chi connectivity index (χ2n) is 9.17. The third-order valence-corrected chi connectivity index (χ3v) is 11.1. The average molecular weight is 477 g/mol. The van der Waals surface area contributed by atoms with Crippen molar-refractivity contribution in [3.05, 3.63) is 78.4 Å². The molecule has 0 bridgehead atoms. The molecule has 0 N–H and O–H groups in total. The fourth-order valence-corrected chi connectivity index (χ4v) is 8.51. The smallest absolute Gasteiger partial charge is 0.328 e. The molecule has 176 valence electrons. The lowest BCUT2D eigenvalue weighted by molar-refractivity contribution is -0.152. The Morgan fingerprint density at radius 3 is 2.09 bits per heavy atom. The first-order valence-corrected chi connectivity index (χ1v) is 14.4. The molecule has 0 aliphatic carbocycles. The van der Waals surface area contributed by atoms with Crippen LogP contribution in [0.5, 0.6) is 0 Å². The van der Waals surface area contributed by atoms with E-state index in [1.165, 1.54) is 13.2 Å². The molecule has 2 aliphatic heterocycles. The highest BCUT2D eigenvalue weighted by Crippen LogP contribution is 2.34. The summed E-state index contributed by atoms with van der Waals surface area (Å²) in [6, 6.07) is 14.5. The van der Waals surface area contributed by atoms with Gasteiger partial charge in [-0.1, -0.05) is 66.8 Å². The number of hydrogen-bond acceptors (Lipinski definition) is 5. The van der Waals surface area contributed by atoms with Crippen molar-refractivity contribution in [1.29, 1.82) is 0 Å². The summed E-state index contributed by atoms with van der Waals surface area (Å²) in [6.07, 6.45) is 2.40. The molecule has 2 heterocycles. The molecule has 0 radical (unpaired) electrons. The lowest BCUT2D eigenvalue weighted by Crippen LogP contribution is -2.64. The Hall–Kier alpha value is -3.52. The second kappa shape index (κ2) is 9.02. The first kappa shape index (κ1) is 23.6. The van der Waals surface area contributed by atoms with Crippen molar-refractivity contribution in [3.63, 3.8) is 0 Å². The third kappa shape index (κ3) is 3.68. The van der Waals surface area contributed by atoms with Crippen molar-refractivity contribution in [2.75, 3.05) is 7.11 Å². The fourth-order valence-electron chi connectivity index (χ4n) is 5.18. The molecular formula is C26H28N2O5Si. The minimum absolute atomic E-state index is 0.218. The molecule has 1 fully saturated rings. The summed E-state index contributed by atoms with van der Waals surface area (Å²) in [6.45, 7) is 8.10. The predicted octanol–water partition coefficient (Wildman–Crippen LogP) is 2.52. The van der Waals surface area contributed by atoms with E-state index in [1.54, 1.807) is 29.2 Å². The number of carbonyl (C=O) groups is 4. The largest absolute Gasteiger partial charge is 0.467 e. The summed E-state index contributed by atoms with van der Waals surface area (Å²) in [5.74, 6) is -2.06. The summed E-state index contributed by atoms with van der Waals surface area (Å²) in [7, 11) is -0.995. The number of likely N-dealkylation sites (tertiary alicyclic amines) is 1. The lowest BCUT2D eigenvalue weighted by Gasteiger charge is -2.40. The van der Waals surface area contributed by atoms with Crippen LogP contribution in [0.15, 0.2) is 67.3 Å². The van der Waals surface area contributed by atoms with Gasteiger partial charge in [-0.2, -0.15) is 0 Å². The van der Waals surface area contributed by atoms with Crippen LogP contribution < -0.4 is 5.19 Å². The lowest BCUT2D eigenvalue weighted by atomic mass is 10.1. The van der Waals surface area contributed by atoms with Gasteiger partial charge in [-0.25, -0.2) is 4.79 Å². The maximum Gasteiger partial charge on any atom is 0.328 e. The molecule has 8 heteroatoms. The number of hydrogen-bond donors (Lipinski definition) is 0. The first-order valence-electron chi connectivity index (χ1n) is 11.3. The van der Waals surface area contributed by atoms with Crippen molar-refractivity contribution in [2.45, 2.75) is 43.7 Å². The van der Waals surface area contributed by atoms with Crippen LogP contribution >= 0.6 is 0 Å². The first-order chi connectivity index (χ1) is 16.2. The van der Waals surface area contributed by atoms with Gasteiger partial charge in [-0.3, -0.25) is 19.3 Å². The zero-order valence-corrected chi connectivity index (χ0v) is 20.6. The Balaban J connectivity index is 1.74. The number of imide groups is 1. The maximum atomic E-state index is 14.0. The third-order valence-electron chi connectivity index (χ3n) is 7.04. The van der Waals surface area contributed by atoms with Crippen LogP contribution in [0, 0.1) is 0 Å². The van der Waals surface area contributed by atoms with E-state index in [2.05, 4.69) is 31.8 Å². The average Bonchev–Trinajstić information content (AvgIpc) is 3.41. The zero-order chi connectivity index (χ0) is 24.6. The Morgan fingerprint density at radius 1 is 1.00 bits per heavy atom. The number of carbonyl (C=O) groups excluding carboxylic acids is 4. The van der Waals surface area contributed by atoms with Crippen LogP contribution in [0.1, 0.15) is 33.6 Å². The number of fused-ring (bicyclic) bond motifs is 1. The standard InChI is InChI=1S/C26H28N2O5Si/c1-5-20(28-23(29)18-13-9-10-14-19(18)24(28)30)25(31)27-21(26(32)33-2)15-16-22(27)34(3,4)17-11-7-6-8-12-17/h5-14,20-22H,1,15-16H2,2-4H3/t20-,21-,22+/m0/s1. The van der Waals surface area contributed by atoms with Crippen LogP contribution in [-0.4, -0.2) is 66.4 Å². The monoisotopic (exact) mass is 476 g/mol. The Labute approximate surface area is 200 Å². The van der Waals surface area contributed by atoms with Gasteiger partial charge >= 0.3 is 5.97 Å². The number of methoxy groups -OCH3 is 1. The molecule has 0 spiro atoms. The zero-order valence-electron chi connectivity index (χ0n) is 19.6. The molecule has 2 aliphatic rings. The molecule has 2 aromatic rings. The van der Waals surface area contributed by atoms with Gasteiger partial charge in [-0.15, -0.1) is 6.58 Å². The number of benzene rings is 2. The molecule has 7 nitrogen and oxygen atoms in total. The highest BCUT2D eigenvalue weighted by atomic mass is 28.3. The van der Waals surface area contributed by atoms with Crippen LogP contribution in [-0.2, 0) is 14.3 Å². The van der Waals surface area contributed by atoms with Gasteiger partial charge in [0.1, 0.15) is 20.2 Å².